The van der Waals surface area contributed by atoms with Gasteiger partial charge in [-0.15, -0.1) is 16.9 Å². The predicted molar refractivity (Wildman–Crippen MR) is 91.0 cm³/mol. The van der Waals surface area contributed by atoms with Crippen molar-refractivity contribution in [3.63, 3.8) is 0 Å². The van der Waals surface area contributed by atoms with Crippen molar-refractivity contribution in [3.05, 3.63) is 30.3 Å². The zero-order chi connectivity index (χ0) is 15.2. The summed E-state index contributed by atoms with van der Waals surface area (Å²) in [4.78, 5) is 3.77. The van der Waals surface area contributed by atoms with E-state index in [1.807, 2.05) is 22.9 Å². The fourth-order valence-electron chi connectivity index (χ4n) is 2.86. The normalized spacial score (nSPS) is 23.4. The van der Waals surface area contributed by atoms with Crippen LogP contribution in [0.3, 0.4) is 0 Å². The first-order valence-electron chi connectivity index (χ1n) is 7.83. The van der Waals surface area contributed by atoms with Crippen LogP contribution in [0.15, 0.2) is 40.3 Å². The molecule has 1 aromatic rings. The summed E-state index contributed by atoms with van der Waals surface area (Å²) in [5.41, 5.74) is 12.4. The summed E-state index contributed by atoms with van der Waals surface area (Å²) in [6.45, 7) is 2.16. The van der Waals surface area contributed by atoms with Crippen molar-refractivity contribution in [2.75, 3.05) is 18.8 Å². The Hall–Kier alpha value is -1.28. The molecule has 1 saturated heterocycles. The molecule has 120 valence electrons. The lowest BCUT2D eigenvalue weighted by Crippen LogP contribution is -2.53. The second-order valence-corrected chi connectivity index (χ2v) is 6.78. The van der Waals surface area contributed by atoms with Gasteiger partial charge in [-0.3, -0.25) is 10.3 Å². The minimum atomic E-state index is 0.224. The summed E-state index contributed by atoms with van der Waals surface area (Å²) in [7, 11) is 0. The molecule has 2 atom stereocenters. The molecule has 0 radical (unpaired) electrons. The lowest BCUT2D eigenvalue weighted by Gasteiger charge is -2.31. The van der Waals surface area contributed by atoms with Gasteiger partial charge in [0.15, 0.2) is 0 Å². The van der Waals surface area contributed by atoms with Gasteiger partial charge in [-0.25, -0.2) is 5.53 Å². The van der Waals surface area contributed by atoms with E-state index in [1.54, 1.807) is 6.34 Å². The number of thioether (sulfide) groups is 1. The molecule has 0 saturated carbocycles. The number of likely N-dealkylation sites (tertiary alicyclic amines) is 1. The van der Waals surface area contributed by atoms with E-state index in [0.29, 0.717) is 6.17 Å². The number of nitrogens with one attached hydrogen (secondary N) is 2. The van der Waals surface area contributed by atoms with E-state index >= 15 is 0 Å². The molecule has 1 unspecified atom stereocenters. The molecule has 1 fully saturated rings. The third kappa shape index (κ3) is 4.13. The zero-order valence-corrected chi connectivity index (χ0v) is 13.5. The lowest BCUT2D eigenvalue weighted by atomic mass is 10.2. The van der Waals surface area contributed by atoms with Crippen LogP contribution in [0.4, 0.5) is 0 Å². The van der Waals surface area contributed by atoms with Gasteiger partial charge in [0.2, 0.25) is 0 Å². The molecule has 0 amide bonds. The molecule has 22 heavy (non-hydrogen) atoms. The van der Waals surface area contributed by atoms with Crippen LogP contribution >= 0.6 is 11.8 Å². The third-order valence-electron chi connectivity index (χ3n) is 4.05. The molecule has 1 aromatic carbocycles. The summed E-state index contributed by atoms with van der Waals surface area (Å²) in [5.74, 6) is 0.964. The number of hydrazine groups is 2. The number of hydrogen-bond acceptors (Lipinski definition) is 7. The van der Waals surface area contributed by atoms with Gasteiger partial charge in [-0.05, 0) is 37.9 Å². The molecule has 0 aromatic heterocycles. The van der Waals surface area contributed by atoms with Crippen LogP contribution in [0.5, 0.6) is 0 Å². The summed E-state index contributed by atoms with van der Waals surface area (Å²) >= 11 is 1.84. The van der Waals surface area contributed by atoms with Crippen LogP contribution < -0.4 is 16.7 Å². The molecule has 2 aliphatic heterocycles. The molecule has 2 aliphatic rings. The molecular weight excluding hydrogens is 296 g/mol. The minimum Gasteiger partial charge on any atom is -0.327 e. The Balaban J connectivity index is 1.39. The van der Waals surface area contributed by atoms with Gasteiger partial charge in [0.05, 0.1) is 0 Å². The van der Waals surface area contributed by atoms with E-state index in [9.17, 15) is 0 Å². The quantitative estimate of drug-likeness (QED) is 0.656. The molecule has 0 bridgehead atoms. The number of benzene rings is 1. The Morgan fingerprint density at radius 2 is 2.23 bits per heavy atom. The van der Waals surface area contributed by atoms with Crippen molar-refractivity contribution >= 4 is 18.1 Å². The standard InChI is InChI=1S/C15H24N6S/c16-13(11-22-14-5-2-1-3-6-14)8-10-20-9-4-7-15(20)21-18-12-17-19-21/h1-3,5-6,12-13,15,19H,4,7-11,16H2,(H,17,18)/t13-,15?/m1/s1. The SMILES string of the molecule is N[C@H](CCN1CCCC1N1NC=NN1)CSc1ccccc1. The van der Waals surface area contributed by atoms with Crippen LogP contribution in [0.25, 0.3) is 0 Å². The first-order valence-corrected chi connectivity index (χ1v) is 8.81. The number of hydrogen-bond donors (Lipinski definition) is 3. The Bertz CT molecular complexity index is 474. The smallest absolute Gasteiger partial charge is 0.126 e. The highest BCUT2D eigenvalue weighted by molar-refractivity contribution is 7.99. The molecular formula is C15H24N6S. The van der Waals surface area contributed by atoms with Crippen molar-refractivity contribution in [2.45, 2.75) is 36.4 Å². The Morgan fingerprint density at radius 1 is 1.36 bits per heavy atom. The zero-order valence-electron chi connectivity index (χ0n) is 12.7. The highest BCUT2D eigenvalue weighted by Gasteiger charge is 2.31. The van der Waals surface area contributed by atoms with Crippen molar-refractivity contribution in [1.29, 1.82) is 0 Å². The van der Waals surface area contributed by atoms with Crippen LogP contribution in [0.1, 0.15) is 19.3 Å². The Labute approximate surface area is 136 Å². The highest BCUT2D eigenvalue weighted by Crippen LogP contribution is 2.21. The molecule has 7 heteroatoms. The molecule has 0 aliphatic carbocycles. The van der Waals surface area contributed by atoms with Crippen LogP contribution in [-0.4, -0.2) is 47.4 Å². The van der Waals surface area contributed by atoms with E-state index < -0.39 is 0 Å². The van der Waals surface area contributed by atoms with Gasteiger partial charge >= 0.3 is 0 Å². The maximum Gasteiger partial charge on any atom is 0.126 e. The number of rotatable bonds is 7. The second kappa shape index (κ2) is 7.82. The van der Waals surface area contributed by atoms with Crippen molar-refractivity contribution in [3.8, 4) is 0 Å². The van der Waals surface area contributed by atoms with Gasteiger partial charge in [-0.1, -0.05) is 18.2 Å². The highest BCUT2D eigenvalue weighted by atomic mass is 32.2. The molecule has 2 heterocycles. The van der Waals surface area contributed by atoms with E-state index in [-0.39, 0.29) is 6.04 Å². The monoisotopic (exact) mass is 320 g/mol. The van der Waals surface area contributed by atoms with Gasteiger partial charge in [-0.2, -0.15) is 5.10 Å². The van der Waals surface area contributed by atoms with Crippen LogP contribution in [-0.2, 0) is 0 Å². The van der Waals surface area contributed by atoms with Gasteiger partial charge in [0.25, 0.3) is 0 Å². The fraction of sp³-hybridized carbons (Fsp3) is 0.533. The van der Waals surface area contributed by atoms with Crippen molar-refractivity contribution in [1.82, 2.24) is 21.0 Å². The fourth-order valence-corrected chi connectivity index (χ4v) is 3.78. The summed E-state index contributed by atoms with van der Waals surface area (Å²) in [5, 5.41) is 5.96. The predicted octanol–water partition coefficient (Wildman–Crippen LogP) is 1.19. The number of nitrogens with two attached hydrogens (primary N) is 1. The topological polar surface area (TPSA) is 68.9 Å². The van der Waals surface area contributed by atoms with Gasteiger partial charge in [0, 0.05) is 23.2 Å². The van der Waals surface area contributed by atoms with Crippen LogP contribution in [0, 0.1) is 0 Å². The maximum absolute atomic E-state index is 6.28. The van der Waals surface area contributed by atoms with Gasteiger partial charge < -0.3 is 5.73 Å². The van der Waals surface area contributed by atoms with E-state index in [0.717, 1.165) is 31.7 Å². The van der Waals surface area contributed by atoms with Gasteiger partial charge in [0.1, 0.15) is 12.5 Å². The van der Waals surface area contributed by atoms with E-state index in [4.69, 9.17) is 5.73 Å². The van der Waals surface area contributed by atoms with E-state index in [2.05, 4.69) is 45.2 Å². The summed E-state index contributed by atoms with van der Waals surface area (Å²) in [6.07, 6.45) is 5.43. The Morgan fingerprint density at radius 3 is 3.00 bits per heavy atom. The largest absolute Gasteiger partial charge is 0.327 e. The van der Waals surface area contributed by atoms with Crippen molar-refractivity contribution < 1.29 is 0 Å². The average Bonchev–Trinajstić information content (AvgIpc) is 3.22. The first kappa shape index (κ1) is 15.6. The lowest BCUT2D eigenvalue weighted by molar-refractivity contribution is 0.0196. The summed E-state index contributed by atoms with van der Waals surface area (Å²) < 4.78 is 0. The van der Waals surface area contributed by atoms with E-state index in [1.165, 1.54) is 11.3 Å². The number of nitrogens with zero attached hydrogens (tertiary/aromatic N) is 3. The third-order valence-corrected chi connectivity index (χ3v) is 5.25. The van der Waals surface area contributed by atoms with Crippen LogP contribution in [0.2, 0.25) is 0 Å². The summed E-state index contributed by atoms with van der Waals surface area (Å²) in [6, 6.07) is 10.7. The molecule has 3 rings (SSSR count). The maximum atomic E-state index is 6.28. The van der Waals surface area contributed by atoms with Crippen molar-refractivity contribution in [2.24, 2.45) is 10.8 Å². The molecule has 4 N–H and O–H groups in total. The Kier molecular flexibility index (Phi) is 5.55. The second-order valence-electron chi connectivity index (χ2n) is 5.69. The number of hydrazone groups is 1. The minimum absolute atomic E-state index is 0.224. The molecule has 6 nitrogen and oxygen atoms in total. The average molecular weight is 320 g/mol. The first-order chi connectivity index (χ1) is 10.8. The molecule has 0 spiro atoms.